The third-order valence-corrected chi connectivity index (χ3v) is 10.2. The summed E-state index contributed by atoms with van der Waals surface area (Å²) in [5, 5.41) is 14.6. The van der Waals surface area contributed by atoms with E-state index >= 15 is 13.2 Å². The lowest BCUT2D eigenvalue weighted by Gasteiger charge is -2.21. The van der Waals surface area contributed by atoms with Gasteiger partial charge in [-0.15, -0.1) is 0 Å². The van der Waals surface area contributed by atoms with Crippen LogP contribution in [0.25, 0.3) is 88.9 Å². The van der Waals surface area contributed by atoms with Crippen molar-refractivity contribution in [2.24, 2.45) is 0 Å². The number of rotatable bonds is 5. The average Bonchev–Trinajstić information content (AvgIpc) is 3.75. The van der Waals surface area contributed by atoms with Crippen molar-refractivity contribution in [3.05, 3.63) is 169 Å². The van der Waals surface area contributed by atoms with Gasteiger partial charge in [-0.3, -0.25) is 0 Å². The number of nitriles is 1. The van der Waals surface area contributed by atoms with E-state index in [0.29, 0.717) is 28.6 Å². The normalized spacial score (nSPS) is 11.8. The summed E-state index contributed by atoms with van der Waals surface area (Å²) in [7, 11) is 0. The summed E-state index contributed by atoms with van der Waals surface area (Å²) in [6, 6.07) is 42.2. The number of hydrogen-bond acceptors (Lipinski definition) is 5. The van der Waals surface area contributed by atoms with Crippen LogP contribution >= 0.6 is 0 Å². The highest BCUT2D eigenvalue weighted by Gasteiger charge is 2.35. The van der Waals surface area contributed by atoms with Crippen LogP contribution in [0.15, 0.2) is 158 Å². The van der Waals surface area contributed by atoms with E-state index in [1.807, 2.05) is 94.1 Å². The maximum Gasteiger partial charge on any atom is 0.417 e. The number of fused-ring (bicyclic) bond motifs is 6. The first-order chi connectivity index (χ1) is 27.4. The number of para-hydroxylation sites is 2. The van der Waals surface area contributed by atoms with E-state index in [4.69, 9.17) is 0 Å². The Hall–Kier alpha value is -7.64. The van der Waals surface area contributed by atoms with Crippen LogP contribution < -0.4 is 0 Å². The predicted octanol–water partition coefficient (Wildman–Crippen LogP) is 11.4. The van der Waals surface area contributed by atoms with Crippen LogP contribution in [0.5, 0.6) is 0 Å². The second-order valence-electron chi connectivity index (χ2n) is 13.4. The molecule has 266 valence electrons. The van der Waals surface area contributed by atoms with Gasteiger partial charge in [0.25, 0.3) is 0 Å². The molecule has 0 radical (unpaired) electrons. The van der Waals surface area contributed by atoms with Crippen LogP contribution in [0.4, 0.5) is 13.2 Å². The Morgan fingerprint density at radius 1 is 0.464 bits per heavy atom. The van der Waals surface area contributed by atoms with Gasteiger partial charge in [0.05, 0.1) is 44.6 Å². The first-order valence-corrected chi connectivity index (χ1v) is 17.8. The highest BCUT2D eigenvalue weighted by molar-refractivity contribution is 6.12. The van der Waals surface area contributed by atoms with Crippen molar-refractivity contribution in [3.8, 4) is 51.3 Å². The molecule has 6 aromatic carbocycles. The van der Waals surface area contributed by atoms with Crippen molar-refractivity contribution in [2.75, 3.05) is 0 Å². The monoisotopic (exact) mass is 733 g/mol. The maximum atomic E-state index is 15.0. The second kappa shape index (κ2) is 12.7. The number of aromatic nitrogens is 6. The molecule has 0 saturated heterocycles. The van der Waals surface area contributed by atoms with Crippen LogP contribution in [0.1, 0.15) is 11.1 Å². The number of halogens is 3. The van der Waals surface area contributed by atoms with Gasteiger partial charge in [-0.25, -0.2) is 19.9 Å². The average molecular weight is 734 g/mol. The van der Waals surface area contributed by atoms with E-state index in [-0.39, 0.29) is 11.1 Å². The van der Waals surface area contributed by atoms with Gasteiger partial charge < -0.3 is 9.13 Å². The Kier molecular flexibility index (Phi) is 7.50. The number of nitrogens with zero attached hydrogens (tertiary/aromatic N) is 7. The molecule has 0 aliphatic heterocycles. The smallest absolute Gasteiger partial charge is 0.309 e. The van der Waals surface area contributed by atoms with Crippen LogP contribution in [-0.4, -0.2) is 29.1 Å². The summed E-state index contributed by atoms with van der Waals surface area (Å²) in [6.07, 6.45) is 2.00. The van der Waals surface area contributed by atoms with Crippen molar-refractivity contribution in [2.45, 2.75) is 6.18 Å². The van der Waals surface area contributed by atoms with E-state index in [0.717, 1.165) is 60.8 Å². The third kappa shape index (κ3) is 5.21. The maximum absolute atomic E-state index is 15.0. The van der Waals surface area contributed by atoms with Crippen molar-refractivity contribution in [3.63, 3.8) is 0 Å². The Morgan fingerprint density at radius 2 is 0.946 bits per heavy atom. The largest absolute Gasteiger partial charge is 0.417 e. The summed E-state index contributed by atoms with van der Waals surface area (Å²) in [5.41, 5.74) is 5.12. The van der Waals surface area contributed by atoms with Gasteiger partial charge in [0.1, 0.15) is 6.07 Å². The molecule has 10 heteroatoms. The van der Waals surface area contributed by atoms with Crippen molar-refractivity contribution < 1.29 is 13.2 Å². The van der Waals surface area contributed by atoms with Gasteiger partial charge >= 0.3 is 6.18 Å². The molecule has 10 aromatic rings. The fourth-order valence-corrected chi connectivity index (χ4v) is 7.85. The molecule has 7 nitrogen and oxygen atoms in total. The molecule has 56 heavy (non-hydrogen) atoms. The van der Waals surface area contributed by atoms with Gasteiger partial charge in [0.15, 0.2) is 11.6 Å². The molecular weight excluding hydrogens is 708 g/mol. The zero-order valence-corrected chi connectivity index (χ0v) is 29.3. The molecule has 0 atom stereocenters. The standard InChI is InChI=1S/C46H26F3N7/c47-46(48,49)37-12-4-1-9-31(37)36-26-40(55-38-13-5-2-10-32(38)34-17-15-28(23-41(34)55)44-51-19-7-20-52-44)30(27-50)25-43(36)56-39-14-6-3-11-33(39)35-18-16-29(24-42(35)56)45-53-21-8-22-54-45/h1-26H. The van der Waals surface area contributed by atoms with Crippen LogP contribution in [-0.2, 0) is 6.18 Å². The third-order valence-electron chi connectivity index (χ3n) is 10.2. The van der Waals surface area contributed by atoms with Crippen LogP contribution in [0.3, 0.4) is 0 Å². The summed E-state index contributed by atoms with van der Waals surface area (Å²) in [6.45, 7) is 0. The van der Waals surface area contributed by atoms with Gasteiger partial charge in [0, 0.05) is 63.0 Å². The molecular formula is C46H26F3N7. The Labute approximate surface area is 317 Å². The molecule has 0 unspecified atom stereocenters. The summed E-state index contributed by atoms with van der Waals surface area (Å²) < 4.78 is 48.9. The van der Waals surface area contributed by atoms with Crippen LogP contribution in [0, 0.1) is 11.3 Å². The lowest BCUT2D eigenvalue weighted by Crippen LogP contribution is -2.09. The first-order valence-electron chi connectivity index (χ1n) is 17.8. The quantitative estimate of drug-likeness (QED) is 0.176. The van der Waals surface area contributed by atoms with Gasteiger partial charge in [-0.05, 0) is 60.2 Å². The van der Waals surface area contributed by atoms with Gasteiger partial charge in [-0.1, -0.05) is 78.9 Å². The molecule has 4 aromatic heterocycles. The number of alkyl halides is 3. The molecule has 0 spiro atoms. The Balaban J connectivity index is 1.34. The van der Waals surface area contributed by atoms with Gasteiger partial charge in [-0.2, -0.15) is 18.4 Å². The van der Waals surface area contributed by atoms with E-state index in [1.165, 1.54) is 12.1 Å². The fraction of sp³-hybridized carbons (Fsp3) is 0.0217. The predicted molar refractivity (Wildman–Crippen MR) is 212 cm³/mol. The van der Waals surface area contributed by atoms with Crippen molar-refractivity contribution in [1.29, 1.82) is 5.26 Å². The molecule has 10 rings (SSSR count). The lowest BCUT2D eigenvalue weighted by molar-refractivity contribution is -0.137. The molecule has 0 bridgehead atoms. The number of hydrogen-bond donors (Lipinski definition) is 0. The molecule has 0 fully saturated rings. The first kappa shape index (κ1) is 33.0. The second-order valence-corrected chi connectivity index (χ2v) is 13.4. The summed E-state index contributed by atoms with van der Waals surface area (Å²) in [5.74, 6) is 1.03. The molecule has 0 amide bonds. The molecule has 0 N–H and O–H groups in total. The zero-order valence-electron chi connectivity index (χ0n) is 29.3. The molecule has 0 aliphatic rings. The zero-order chi connectivity index (χ0) is 38.0. The highest BCUT2D eigenvalue weighted by Crippen LogP contribution is 2.45. The van der Waals surface area contributed by atoms with Crippen molar-refractivity contribution >= 4 is 43.6 Å². The topological polar surface area (TPSA) is 85.2 Å². The van der Waals surface area contributed by atoms with Gasteiger partial charge in [0.2, 0.25) is 0 Å². The SMILES string of the molecule is N#Cc1cc(-n2c3ccccc3c3ccc(-c4ncccn4)cc32)c(-c2ccccc2C(F)(F)F)cc1-n1c2ccccc2c2ccc(-c3ncccn3)cc21. The lowest BCUT2D eigenvalue weighted by atomic mass is 9.95. The molecule has 4 heterocycles. The minimum Gasteiger partial charge on any atom is -0.309 e. The van der Waals surface area contributed by atoms with E-state index in [2.05, 4.69) is 26.0 Å². The number of benzene rings is 6. The molecule has 0 saturated carbocycles. The minimum absolute atomic E-state index is 0.0200. The van der Waals surface area contributed by atoms with E-state index < -0.39 is 11.7 Å². The summed E-state index contributed by atoms with van der Waals surface area (Å²) >= 11 is 0. The Bertz CT molecular complexity index is 3200. The molecule has 0 aliphatic carbocycles. The fourth-order valence-electron chi connectivity index (χ4n) is 7.85. The Morgan fingerprint density at radius 3 is 1.48 bits per heavy atom. The minimum atomic E-state index is -4.67. The van der Waals surface area contributed by atoms with E-state index in [1.54, 1.807) is 55.1 Å². The van der Waals surface area contributed by atoms with Crippen LogP contribution in [0.2, 0.25) is 0 Å². The summed E-state index contributed by atoms with van der Waals surface area (Å²) in [4.78, 5) is 17.8. The highest BCUT2D eigenvalue weighted by atomic mass is 19.4. The van der Waals surface area contributed by atoms with E-state index in [9.17, 15) is 5.26 Å². The van der Waals surface area contributed by atoms with Crippen molar-refractivity contribution in [1.82, 2.24) is 29.1 Å².